The molecule has 34 heavy (non-hydrogen) atoms. The van der Waals surface area contributed by atoms with Crippen molar-refractivity contribution in [2.75, 3.05) is 26.8 Å². The molecule has 0 aromatic heterocycles. The third-order valence-electron chi connectivity index (χ3n) is 7.07. The molecule has 2 saturated heterocycles. The number of halogens is 1. The van der Waals surface area contributed by atoms with Gasteiger partial charge in [0.2, 0.25) is 0 Å². The molecule has 3 aliphatic heterocycles. The Labute approximate surface area is 198 Å². The lowest BCUT2D eigenvalue weighted by molar-refractivity contribution is -0.149. The third-order valence-corrected chi connectivity index (χ3v) is 7.07. The third kappa shape index (κ3) is 3.78. The number of likely N-dealkylation sites (tertiary alicyclic amines) is 1. The fourth-order valence-electron chi connectivity index (χ4n) is 5.70. The highest BCUT2D eigenvalue weighted by atomic mass is 19.1. The van der Waals surface area contributed by atoms with Crippen molar-refractivity contribution in [3.63, 3.8) is 0 Å². The Bertz CT molecular complexity index is 1060. The maximum absolute atomic E-state index is 14.5. The number of methoxy groups -OCH3 is 1. The van der Waals surface area contributed by atoms with Crippen LogP contribution in [0.15, 0.2) is 48.5 Å². The number of ether oxygens (including phenoxy) is 2. The minimum Gasteiger partial charge on any atom is -0.493 e. The van der Waals surface area contributed by atoms with E-state index in [9.17, 15) is 14.0 Å². The van der Waals surface area contributed by atoms with Crippen LogP contribution in [0.4, 0.5) is 9.18 Å². The number of rotatable bonds is 4. The molecular formula is C25H29FN4O4. The fourth-order valence-corrected chi connectivity index (χ4v) is 5.70. The van der Waals surface area contributed by atoms with Crippen LogP contribution in [0.25, 0.3) is 0 Å². The minimum atomic E-state index is -0.894. The molecule has 2 aromatic carbocycles. The van der Waals surface area contributed by atoms with Crippen LogP contribution in [0.3, 0.4) is 0 Å². The van der Waals surface area contributed by atoms with Gasteiger partial charge in [0.1, 0.15) is 11.6 Å². The van der Waals surface area contributed by atoms with Crippen molar-refractivity contribution in [3.8, 4) is 5.75 Å². The number of carbonyl (C=O) groups is 2. The highest BCUT2D eigenvalue weighted by Crippen LogP contribution is 2.54. The van der Waals surface area contributed by atoms with E-state index >= 15 is 0 Å². The molecule has 2 amide bonds. The van der Waals surface area contributed by atoms with Crippen molar-refractivity contribution in [1.29, 1.82) is 0 Å². The molecule has 8 nitrogen and oxygen atoms in total. The molecule has 2 fully saturated rings. The molecule has 0 bridgehead atoms. The predicted octanol–water partition coefficient (Wildman–Crippen LogP) is 3.21. The number of hydrazine groups is 1. The van der Waals surface area contributed by atoms with E-state index in [1.165, 1.54) is 24.3 Å². The van der Waals surface area contributed by atoms with Crippen LogP contribution < -0.4 is 10.5 Å². The highest BCUT2D eigenvalue weighted by molar-refractivity contribution is 5.80. The standard InChI is InChI=1S/C25H29FN4O4/c1-33-25(32)30-21(16-8-4-2-5-9-16)19-15-34-20-11-10-17(26)14-18(20)22(19)29(30)24(23(27)31)28-12-6-3-7-13-28/h2,4-5,8-11,14,19,21-22,24H,3,6-7,12-13,15H2,1H3,(H2,27,31). The number of nitrogens with two attached hydrogens (primary N) is 1. The van der Waals surface area contributed by atoms with E-state index in [4.69, 9.17) is 15.2 Å². The second-order valence-corrected chi connectivity index (χ2v) is 9.02. The van der Waals surface area contributed by atoms with Crippen LogP contribution >= 0.6 is 0 Å². The van der Waals surface area contributed by atoms with Crippen molar-refractivity contribution >= 4 is 12.0 Å². The smallest absolute Gasteiger partial charge is 0.424 e. The molecule has 0 radical (unpaired) electrons. The first-order valence-corrected chi connectivity index (χ1v) is 11.7. The Balaban J connectivity index is 1.71. The zero-order valence-corrected chi connectivity index (χ0v) is 19.1. The van der Waals surface area contributed by atoms with Crippen LogP contribution in [0.1, 0.15) is 42.5 Å². The van der Waals surface area contributed by atoms with Crippen molar-refractivity contribution in [2.24, 2.45) is 11.7 Å². The molecule has 0 spiro atoms. The van der Waals surface area contributed by atoms with E-state index in [0.29, 0.717) is 31.0 Å². The number of benzene rings is 2. The maximum Gasteiger partial charge on any atom is 0.424 e. The zero-order chi connectivity index (χ0) is 23.8. The average molecular weight is 469 g/mol. The van der Waals surface area contributed by atoms with Gasteiger partial charge < -0.3 is 15.2 Å². The summed E-state index contributed by atoms with van der Waals surface area (Å²) in [6.07, 6.45) is 1.43. The first-order chi connectivity index (χ1) is 16.5. The second-order valence-electron chi connectivity index (χ2n) is 9.02. The summed E-state index contributed by atoms with van der Waals surface area (Å²) in [7, 11) is 1.31. The summed E-state index contributed by atoms with van der Waals surface area (Å²) >= 11 is 0. The first-order valence-electron chi connectivity index (χ1n) is 11.7. The molecule has 2 aromatic rings. The quantitative estimate of drug-likeness (QED) is 0.742. The number of amides is 2. The topological polar surface area (TPSA) is 88.3 Å². The number of hydrogen-bond donors (Lipinski definition) is 1. The molecule has 3 aliphatic rings. The van der Waals surface area contributed by atoms with E-state index in [-0.39, 0.29) is 5.92 Å². The van der Waals surface area contributed by atoms with Gasteiger partial charge in [-0.3, -0.25) is 9.69 Å². The van der Waals surface area contributed by atoms with Gasteiger partial charge in [-0.25, -0.2) is 14.2 Å². The summed E-state index contributed by atoms with van der Waals surface area (Å²) < 4.78 is 25.7. The monoisotopic (exact) mass is 468 g/mol. The highest BCUT2D eigenvalue weighted by Gasteiger charge is 2.58. The SMILES string of the molecule is COC(=O)N1C(c2ccccc2)C2COc3ccc(F)cc3C2N1C(C(N)=O)N1CCCCC1. The van der Waals surface area contributed by atoms with Crippen molar-refractivity contribution < 1.29 is 23.5 Å². The number of carbonyl (C=O) groups excluding carboxylic acids is 2. The normalized spacial score (nSPS) is 25.7. The average Bonchev–Trinajstić information content (AvgIpc) is 3.20. The van der Waals surface area contributed by atoms with Gasteiger partial charge in [-0.2, -0.15) is 5.01 Å². The van der Waals surface area contributed by atoms with Gasteiger partial charge >= 0.3 is 6.09 Å². The van der Waals surface area contributed by atoms with Gasteiger partial charge in [0.15, 0.2) is 6.17 Å². The Morgan fingerprint density at radius 1 is 1.09 bits per heavy atom. The number of primary amides is 1. The minimum absolute atomic E-state index is 0.276. The molecule has 2 N–H and O–H groups in total. The summed E-state index contributed by atoms with van der Waals surface area (Å²) in [5.41, 5.74) is 7.46. The molecule has 5 rings (SSSR count). The summed E-state index contributed by atoms with van der Waals surface area (Å²) in [6.45, 7) is 1.65. The molecule has 0 aliphatic carbocycles. The van der Waals surface area contributed by atoms with E-state index < -0.39 is 36.1 Å². The van der Waals surface area contributed by atoms with Gasteiger partial charge in [0.25, 0.3) is 5.91 Å². The Hall–Kier alpha value is -3.17. The molecular weight excluding hydrogens is 439 g/mol. The van der Waals surface area contributed by atoms with Crippen LogP contribution in [0.5, 0.6) is 5.75 Å². The largest absolute Gasteiger partial charge is 0.493 e. The molecule has 180 valence electrons. The lowest BCUT2D eigenvalue weighted by Crippen LogP contribution is -2.61. The van der Waals surface area contributed by atoms with Crippen molar-refractivity contribution in [2.45, 2.75) is 37.5 Å². The summed E-state index contributed by atoms with van der Waals surface area (Å²) in [6, 6.07) is 12.9. The van der Waals surface area contributed by atoms with Gasteiger partial charge in [0.05, 0.1) is 25.8 Å². The van der Waals surface area contributed by atoms with E-state index in [0.717, 1.165) is 24.8 Å². The number of piperidine rings is 1. The lowest BCUT2D eigenvalue weighted by atomic mass is 9.84. The lowest BCUT2D eigenvalue weighted by Gasteiger charge is -2.44. The van der Waals surface area contributed by atoms with Gasteiger partial charge in [-0.1, -0.05) is 36.8 Å². The van der Waals surface area contributed by atoms with Crippen molar-refractivity contribution in [3.05, 3.63) is 65.5 Å². The van der Waals surface area contributed by atoms with E-state index in [1.807, 2.05) is 35.2 Å². The van der Waals surface area contributed by atoms with Crippen LogP contribution in [-0.4, -0.2) is 59.9 Å². The Morgan fingerprint density at radius 3 is 2.50 bits per heavy atom. The van der Waals surface area contributed by atoms with Crippen LogP contribution in [-0.2, 0) is 9.53 Å². The van der Waals surface area contributed by atoms with Gasteiger partial charge in [-0.15, -0.1) is 0 Å². The van der Waals surface area contributed by atoms with Gasteiger partial charge in [-0.05, 0) is 36.6 Å². The summed E-state index contributed by atoms with van der Waals surface area (Å²) in [5.74, 6) is -0.715. The predicted molar refractivity (Wildman–Crippen MR) is 122 cm³/mol. The summed E-state index contributed by atoms with van der Waals surface area (Å²) in [4.78, 5) is 28.3. The summed E-state index contributed by atoms with van der Waals surface area (Å²) in [5, 5.41) is 3.22. The zero-order valence-electron chi connectivity index (χ0n) is 19.1. The van der Waals surface area contributed by atoms with Crippen LogP contribution in [0, 0.1) is 11.7 Å². The number of nitrogens with zero attached hydrogens (tertiary/aromatic N) is 3. The molecule has 3 heterocycles. The van der Waals surface area contributed by atoms with Crippen molar-refractivity contribution in [1.82, 2.24) is 14.9 Å². The van der Waals surface area contributed by atoms with E-state index in [2.05, 4.69) is 0 Å². The van der Waals surface area contributed by atoms with Gasteiger partial charge in [0, 0.05) is 24.6 Å². The molecule has 0 saturated carbocycles. The Morgan fingerprint density at radius 2 is 1.82 bits per heavy atom. The molecule has 4 atom stereocenters. The Kier molecular flexibility index (Phi) is 6.14. The van der Waals surface area contributed by atoms with E-state index in [1.54, 1.807) is 11.1 Å². The fraction of sp³-hybridized carbons (Fsp3) is 0.440. The number of fused-ring (bicyclic) bond motifs is 3. The van der Waals surface area contributed by atoms with Crippen LogP contribution in [0.2, 0.25) is 0 Å². The maximum atomic E-state index is 14.5. The molecule has 4 unspecified atom stereocenters. The second kappa shape index (κ2) is 9.23. The molecule has 9 heteroatoms. The first kappa shape index (κ1) is 22.6. The number of hydrogen-bond acceptors (Lipinski definition) is 6.